The second-order valence-corrected chi connectivity index (χ2v) is 6.52. The lowest BCUT2D eigenvalue weighted by Crippen LogP contribution is -2.30. The first-order valence-corrected chi connectivity index (χ1v) is 8.69. The monoisotopic (exact) mass is 362 g/mol. The van der Waals surface area contributed by atoms with Crippen LogP contribution in [-0.2, 0) is 14.3 Å². The van der Waals surface area contributed by atoms with Gasteiger partial charge >= 0.3 is 0 Å². The smallest absolute Gasteiger partial charge is 0.245 e. The Bertz CT molecular complexity index is 912. The number of amides is 1. The van der Waals surface area contributed by atoms with Gasteiger partial charge in [-0.25, -0.2) is 0 Å². The first kappa shape index (κ1) is 18.5. The van der Waals surface area contributed by atoms with E-state index < -0.39 is 5.79 Å². The number of carbonyl (C=O) groups excluding carboxylic acids is 1. The highest BCUT2D eigenvalue weighted by molar-refractivity contribution is 5.93. The summed E-state index contributed by atoms with van der Waals surface area (Å²) in [5.74, 6) is 0.463. The van der Waals surface area contributed by atoms with E-state index in [1.807, 2.05) is 74.5 Å². The first-order chi connectivity index (χ1) is 12.9. The van der Waals surface area contributed by atoms with E-state index in [1.54, 1.807) is 12.3 Å². The molecule has 0 saturated heterocycles. The largest absolute Gasteiger partial charge is 0.453 e. The van der Waals surface area contributed by atoms with Gasteiger partial charge in [0.25, 0.3) is 0 Å². The van der Waals surface area contributed by atoms with E-state index in [-0.39, 0.29) is 5.91 Å². The summed E-state index contributed by atoms with van der Waals surface area (Å²) in [5.41, 5.74) is 2.31. The van der Waals surface area contributed by atoms with Gasteiger partial charge in [-0.1, -0.05) is 42.5 Å². The minimum atomic E-state index is -0.784. The van der Waals surface area contributed by atoms with Crippen molar-refractivity contribution >= 4 is 29.3 Å². The van der Waals surface area contributed by atoms with Gasteiger partial charge in [0.1, 0.15) is 11.5 Å². The van der Waals surface area contributed by atoms with Gasteiger partial charge in [0, 0.05) is 38.6 Å². The van der Waals surface area contributed by atoms with Crippen LogP contribution < -0.4 is 5.32 Å². The molecule has 1 heterocycles. The van der Waals surface area contributed by atoms with Crippen LogP contribution in [0.5, 0.6) is 0 Å². The minimum absolute atomic E-state index is 0.138. The quantitative estimate of drug-likeness (QED) is 0.774. The average Bonchev–Trinajstić information content (AvgIpc) is 2.62. The molecule has 138 valence electrons. The molecule has 0 saturated carbocycles. The molecule has 5 nitrogen and oxygen atoms in total. The maximum Gasteiger partial charge on any atom is 0.245 e. The molecule has 3 rings (SSSR count). The van der Waals surface area contributed by atoms with Crippen LogP contribution in [0.1, 0.15) is 26.3 Å². The zero-order valence-electron chi connectivity index (χ0n) is 15.6. The van der Waals surface area contributed by atoms with Gasteiger partial charge in [-0.05, 0) is 18.2 Å². The van der Waals surface area contributed by atoms with Crippen LogP contribution in [0.2, 0.25) is 0 Å². The highest BCUT2D eigenvalue weighted by Crippen LogP contribution is 2.32. The number of allylic oxidation sites excluding steroid dienone is 2. The van der Waals surface area contributed by atoms with E-state index in [0.717, 1.165) is 11.3 Å². The van der Waals surface area contributed by atoms with Gasteiger partial charge in [-0.2, -0.15) is 0 Å². The fourth-order valence-electron chi connectivity index (χ4n) is 2.66. The molecular weight excluding hydrogens is 340 g/mol. The molecule has 1 N–H and O–H groups in total. The fraction of sp³-hybridized carbons (Fsp3) is 0.182. The molecule has 0 atom stereocenters. The molecule has 27 heavy (non-hydrogen) atoms. The summed E-state index contributed by atoms with van der Waals surface area (Å²) in [6.45, 7) is 5.19. The van der Waals surface area contributed by atoms with Gasteiger partial charge in [0.05, 0.1) is 11.4 Å². The van der Waals surface area contributed by atoms with Crippen LogP contribution in [0.15, 0.2) is 77.5 Å². The predicted molar refractivity (Wildman–Crippen MR) is 108 cm³/mol. The number of nitrogens with zero attached hydrogens (tertiary/aromatic N) is 1. The number of ether oxygens (including phenoxy) is 2. The van der Waals surface area contributed by atoms with Crippen molar-refractivity contribution in [2.24, 2.45) is 4.99 Å². The van der Waals surface area contributed by atoms with Gasteiger partial charge < -0.3 is 14.8 Å². The maximum absolute atomic E-state index is 11.3. The molecule has 0 aliphatic carbocycles. The molecule has 0 aromatic heterocycles. The number of nitrogens with one attached hydrogen (secondary N) is 1. The second-order valence-electron chi connectivity index (χ2n) is 6.52. The number of para-hydroxylation sites is 2. The third kappa shape index (κ3) is 5.07. The Morgan fingerprint density at radius 2 is 1.74 bits per heavy atom. The number of rotatable bonds is 4. The Kier molecular flexibility index (Phi) is 5.41. The Balaban J connectivity index is 1.86. The summed E-state index contributed by atoms with van der Waals surface area (Å²) in [5, 5.41) is 2.77. The van der Waals surface area contributed by atoms with Crippen molar-refractivity contribution in [3.05, 3.63) is 78.1 Å². The van der Waals surface area contributed by atoms with Crippen LogP contribution in [0, 0.1) is 0 Å². The van der Waals surface area contributed by atoms with Crippen molar-refractivity contribution in [3.63, 3.8) is 0 Å². The van der Waals surface area contributed by atoms with Crippen LogP contribution in [-0.4, -0.2) is 17.9 Å². The molecular formula is C22H22N2O3. The van der Waals surface area contributed by atoms with Gasteiger partial charge in [-0.15, -0.1) is 0 Å². The average molecular weight is 362 g/mol. The van der Waals surface area contributed by atoms with Crippen molar-refractivity contribution in [1.29, 1.82) is 0 Å². The Morgan fingerprint density at radius 1 is 1.04 bits per heavy atom. The highest BCUT2D eigenvalue weighted by atomic mass is 16.7. The van der Waals surface area contributed by atoms with Crippen molar-refractivity contribution < 1.29 is 14.3 Å². The van der Waals surface area contributed by atoms with E-state index in [1.165, 1.54) is 6.92 Å². The number of carbonyl (C=O) groups is 1. The SMILES string of the molecule is CC(=O)Nc1ccccc1N=CC=C1C=C(c2ccccc2)OC(C)(C)O1. The number of hydrogen-bond donors (Lipinski definition) is 1. The van der Waals surface area contributed by atoms with Crippen molar-refractivity contribution in [2.75, 3.05) is 5.32 Å². The topological polar surface area (TPSA) is 59.9 Å². The Morgan fingerprint density at radius 3 is 2.48 bits per heavy atom. The van der Waals surface area contributed by atoms with Gasteiger partial charge in [0.15, 0.2) is 0 Å². The predicted octanol–water partition coefficient (Wildman–Crippen LogP) is 5.06. The van der Waals surface area contributed by atoms with E-state index in [2.05, 4.69) is 10.3 Å². The normalized spacial score (nSPS) is 17.1. The van der Waals surface area contributed by atoms with Crippen LogP contribution in [0.25, 0.3) is 5.76 Å². The zero-order valence-corrected chi connectivity index (χ0v) is 15.6. The van der Waals surface area contributed by atoms with E-state index >= 15 is 0 Å². The van der Waals surface area contributed by atoms with Crippen LogP contribution in [0.4, 0.5) is 11.4 Å². The molecule has 0 spiro atoms. The maximum atomic E-state index is 11.3. The molecule has 2 aromatic carbocycles. The molecule has 5 heteroatoms. The van der Waals surface area contributed by atoms with Crippen molar-refractivity contribution in [3.8, 4) is 0 Å². The molecule has 0 fully saturated rings. The summed E-state index contributed by atoms with van der Waals surface area (Å²) in [6.07, 6.45) is 5.26. The fourth-order valence-corrected chi connectivity index (χ4v) is 2.66. The lowest BCUT2D eigenvalue weighted by molar-refractivity contribution is -0.149. The van der Waals surface area contributed by atoms with E-state index in [9.17, 15) is 4.79 Å². The van der Waals surface area contributed by atoms with Crippen LogP contribution in [0.3, 0.4) is 0 Å². The number of anilines is 1. The molecule has 1 aliphatic heterocycles. The van der Waals surface area contributed by atoms with Crippen LogP contribution >= 0.6 is 0 Å². The highest BCUT2D eigenvalue weighted by Gasteiger charge is 2.28. The molecule has 0 unspecified atom stereocenters. The second kappa shape index (κ2) is 7.91. The third-order valence-electron chi connectivity index (χ3n) is 3.72. The zero-order chi connectivity index (χ0) is 19.3. The van der Waals surface area contributed by atoms with Gasteiger partial charge in [0.2, 0.25) is 11.7 Å². The number of hydrogen-bond acceptors (Lipinski definition) is 4. The summed E-state index contributed by atoms with van der Waals surface area (Å²) < 4.78 is 11.8. The third-order valence-corrected chi connectivity index (χ3v) is 3.72. The van der Waals surface area contributed by atoms with E-state index in [4.69, 9.17) is 9.47 Å². The molecule has 0 bridgehead atoms. The Labute approximate surface area is 159 Å². The molecule has 2 aromatic rings. The van der Waals surface area contributed by atoms with E-state index in [0.29, 0.717) is 17.1 Å². The Hall–Kier alpha value is -3.34. The number of aliphatic imine (C=N–C) groups is 1. The lowest BCUT2D eigenvalue weighted by atomic mass is 10.1. The standard InChI is InChI=1S/C22H22N2O3/c1-16(25)24-20-12-8-7-11-19(20)23-14-13-18-15-21(27-22(2,3)26-18)17-9-5-4-6-10-17/h4-15H,1-3H3,(H,24,25). The molecule has 0 radical (unpaired) electrons. The summed E-state index contributed by atoms with van der Waals surface area (Å²) in [6, 6.07) is 17.2. The van der Waals surface area contributed by atoms with Gasteiger partial charge in [-0.3, -0.25) is 9.79 Å². The molecule has 1 amide bonds. The number of benzene rings is 2. The lowest BCUT2D eigenvalue weighted by Gasteiger charge is -2.33. The summed E-state index contributed by atoms with van der Waals surface area (Å²) >= 11 is 0. The summed E-state index contributed by atoms with van der Waals surface area (Å²) in [4.78, 5) is 15.7. The molecule has 1 aliphatic rings. The minimum Gasteiger partial charge on any atom is -0.453 e. The van der Waals surface area contributed by atoms with Crippen molar-refractivity contribution in [1.82, 2.24) is 0 Å². The summed E-state index contributed by atoms with van der Waals surface area (Å²) in [7, 11) is 0. The first-order valence-electron chi connectivity index (χ1n) is 8.69. The van der Waals surface area contributed by atoms with Crippen molar-refractivity contribution in [2.45, 2.75) is 26.6 Å².